The largest absolute Gasteiger partial charge is 0.484 e. The van der Waals surface area contributed by atoms with E-state index in [1.807, 2.05) is 0 Å². The Morgan fingerprint density at radius 1 is 1.18 bits per heavy atom. The number of hydrogen-bond donors (Lipinski definition) is 2. The third-order valence-corrected chi connectivity index (χ3v) is 4.00. The van der Waals surface area contributed by atoms with Crippen LogP contribution in [0.1, 0.15) is 39.5 Å². The predicted molar refractivity (Wildman–Crippen MR) is 85.8 cm³/mol. The molecular weight excluding hydrogens is 280 g/mol. The Morgan fingerprint density at radius 2 is 1.86 bits per heavy atom. The van der Waals surface area contributed by atoms with Gasteiger partial charge < -0.3 is 15.4 Å². The average Bonchev–Trinajstić information content (AvgIpc) is 2.48. The first kappa shape index (κ1) is 16.3. The number of nitrogens with one attached hydrogen (secondary N) is 2. The van der Waals surface area contributed by atoms with Gasteiger partial charge in [-0.25, -0.2) is 0 Å². The minimum atomic E-state index is -0.116. The molecule has 1 aliphatic rings. The molecule has 0 heterocycles. The lowest BCUT2D eigenvalue weighted by Gasteiger charge is -2.29. The van der Waals surface area contributed by atoms with E-state index < -0.39 is 0 Å². The molecule has 0 spiro atoms. The van der Waals surface area contributed by atoms with E-state index in [9.17, 15) is 9.59 Å². The molecule has 0 aromatic heterocycles. The van der Waals surface area contributed by atoms with Gasteiger partial charge in [-0.05, 0) is 43.0 Å². The van der Waals surface area contributed by atoms with Crippen LogP contribution in [-0.2, 0) is 9.59 Å². The van der Waals surface area contributed by atoms with Gasteiger partial charge in [0.05, 0.1) is 0 Å². The van der Waals surface area contributed by atoms with Crippen LogP contribution in [0.3, 0.4) is 0 Å². The average molecular weight is 304 g/mol. The third kappa shape index (κ3) is 5.06. The van der Waals surface area contributed by atoms with Gasteiger partial charge in [-0.2, -0.15) is 0 Å². The maximum absolute atomic E-state index is 11.9. The fourth-order valence-corrected chi connectivity index (χ4v) is 2.77. The standard InChI is InChI=1S/C17H24N2O3/c1-12-5-3-4-6-16(12)19-17(21)11-22-15-9-7-14(8-10-15)18-13(2)20/h7-10,12,16H,3-6,11H2,1-2H3,(H,18,20)(H,19,21)/t12-,16-/m0/s1. The molecule has 0 radical (unpaired) electrons. The highest BCUT2D eigenvalue weighted by atomic mass is 16.5. The van der Waals surface area contributed by atoms with Crippen LogP contribution in [0.2, 0.25) is 0 Å². The summed E-state index contributed by atoms with van der Waals surface area (Å²) < 4.78 is 5.48. The lowest BCUT2D eigenvalue weighted by Crippen LogP contribution is -2.43. The SMILES string of the molecule is CC(=O)Nc1ccc(OCC(=O)N[C@H]2CCCC[C@@H]2C)cc1. The molecule has 0 saturated heterocycles. The van der Waals surface area contributed by atoms with Gasteiger partial charge in [0.1, 0.15) is 5.75 Å². The first-order chi connectivity index (χ1) is 10.5. The van der Waals surface area contributed by atoms with Crippen LogP contribution in [0.25, 0.3) is 0 Å². The molecule has 1 fully saturated rings. The second-order valence-electron chi connectivity index (χ2n) is 5.93. The fraction of sp³-hybridized carbons (Fsp3) is 0.529. The summed E-state index contributed by atoms with van der Waals surface area (Å²) >= 11 is 0. The van der Waals surface area contributed by atoms with Crippen molar-refractivity contribution < 1.29 is 14.3 Å². The predicted octanol–water partition coefficient (Wildman–Crippen LogP) is 2.72. The normalized spacial score (nSPS) is 21.0. The van der Waals surface area contributed by atoms with Gasteiger partial charge in [-0.15, -0.1) is 0 Å². The Morgan fingerprint density at radius 3 is 2.50 bits per heavy atom. The molecule has 1 aromatic rings. The zero-order chi connectivity index (χ0) is 15.9. The Hall–Kier alpha value is -2.04. The quantitative estimate of drug-likeness (QED) is 0.879. The molecule has 2 amide bonds. The first-order valence-corrected chi connectivity index (χ1v) is 7.84. The molecule has 5 heteroatoms. The molecule has 0 bridgehead atoms. The summed E-state index contributed by atoms with van der Waals surface area (Å²) in [4.78, 5) is 22.9. The van der Waals surface area contributed by atoms with Gasteiger partial charge in [0.2, 0.25) is 5.91 Å². The maximum atomic E-state index is 11.9. The van der Waals surface area contributed by atoms with Crippen LogP contribution in [0.15, 0.2) is 24.3 Å². The van der Waals surface area contributed by atoms with Crippen LogP contribution < -0.4 is 15.4 Å². The fourth-order valence-electron chi connectivity index (χ4n) is 2.77. The number of carbonyl (C=O) groups excluding carboxylic acids is 2. The number of ether oxygens (including phenoxy) is 1. The van der Waals surface area contributed by atoms with Gasteiger partial charge in [-0.1, -0.05) is 19.8 Å². The third-order valence-electron chi connectivity index (χ3n) is 4.00. The summed E-state index contributed by atoms with van der Waals surface area (Å²) in [5.74, 6) is 0.954. The van der Waals surface area contributed by atoms with E-state index >= 15 is 0 Å². The Bertz CT molecular complexity index is 513. The second-order valence-corrected chi connectivity index (χ2v) is 5.93. The van der Waals surface area contributed by atoms with Crippen molar-refractivity contribution in [2.75, 3.05) is 11.9 Å². The number of rotatable bonds is 5. The smallest absolute Gasteiger partial charge is 0.258 e. The van der Waals surface area contributed by atoms with E-state index in [0.29, 0.717) is 17.4 Å². The lowest BCUT2D eigenvalue weighted by molar-refractivity contribution is -0.124. The molecular formula is C17H24N2O3. The van der Waals surface area contributed by atoms with Gasteiger partial charge in [-0.3, -0.25) is 9.59 Å². The van der Waals surface area contributed by atoms with Crippen LogP contribution in [0.5, 0.6) is 5.75 Å². The molecule has 1 aromatic carbocycles. The highest BCUT2D eigenvalue weighted by Gasteiger charge is 2.22. The number of amides is 2. The Kier molecular flexibility index (Phi) is 5.81. The molecule has 2 N–H and O–H groups in total. The molecule has 1 aliphatic carbocycles. The summed E-state index contributed by atoms with van der Waals surface area (Å²) in [6.07, 6.45) is 4.67. The van der Waals surface area contributed by atoms with Gasteiger partial charge >= 0.3 is 0 Å². The van der Waals surface area contributed by atoms with E-state index in [-0.39, 0.29) is 24.5 Å². The Labute approximate surface area is 131 Å². The Balaban J connectivity index is 1.77. The molecule has 2 atom stereocenters. The van der Waals surface area contributed by atoms with E-state index in [1.54, 1.807) is 24.3 Å². The van der Waals surface area contributed by atoms with Crippen molar-refractivity contribution in [1.82, 2.24) is 5.32 Å². The van der Waals surface area contributed by atoms with E-state index in [4.69, 9.17) is 4.74 Å². The minimum Gasteiger partial charge on any atom is -0.484 e. The van der Waals surface area contributed by atoms with Gasteiger partial charge in [0.25, 0.3) is 5.91 Å². The minimum absolute atomic E-state index is 0.0166. The van der Waals surface area contributed by atoms with Crippen molar-refractivity contribution in [2.24, 2.45) is 5.92 Å². The van der Waals surface area contributed by atoms with Crippen molar-refractivity contribution >= 4 is 17.5 Å². The summed E-state index contributed by atoms with van der Waals surface area (Å²) in [6, 6.07) is 7.24. The number of anilines is 1. The second kappa shape index (κ2) is 7.82. The highest BCUT2D eigenvalue weighted by Crippen LogP contribution is 2.23. The molecule has 5 nitrogen and oxygen atoms in total. The monoisotopic (exact) mass is 304 g/mol. The van der Waals surface area contributed by atoms with Crippen LogP contribution >= 0.6 is 0 Å². The van der Waals surface area contributed by atoms with Crippen molar-refractivity contribution in [2.45, 2.75) is 45.6 Å². The van der Waals surface area contributed by atoms with E-state index in [0.717, 1.165) is 6.42 Å². The maximum Gasteiger partial charge on any atom is 0.258 e. The first-order valence-electron chi connectivity index (χ1n) is 7.84. The van der Waals surface area contributed by atoms with Crippen LogP contribution in [0.4, 0.5) is 5.69 Å². The zero-order valence-corrected chi connectivity index (χ0v) is 13.2. The zero-order valence-electron chi connectivity index (χ0n) is 13.2. The van der Waals surface area contributed by atoms with Crippen molar-refractivity contribution in [3.63, 3.8) is 0 Å². The summed E-state index contributed by atoms with van der Waals surface area (Å²) in [5.41, 5.74) is 0.709. The summed E-state index contributed by atoms with van der Waals surface area (Å²) in [5, 5.41) is 5.74. The van der Waals surface area contributed by atoms with Crippen molar-refractivity contribution in [3.05, 3.63) is 24.3 Å². The lowest BCUT2D eigenvalue weighted by atomic mass is 9.86. The van der Waals surface area contributed by atoms with Crippen molar-refractivity contribution in [3.8, 4) is 5.75 Å². The molecule has 22 heavy (non-hydrogen) atoms. The molecule has 0 unspecified atom stereocenters. The van der Waals surface area contributed by atoms with Crippen LogP contribution in [-0.4, -0.2) is 24.5 Å². The molecule has 2 rings (SSSR count). The van der Waals surface area contributed by atoms with E-state index in [2.05, 4.69) is 17.6 Å². The van der Waals surface area contributed by atoms with Crippen molar-refractivity contribution in [1.29, 1.82) is 0 Å². The molecule has 1 saturated carbocycles. The van der Waals surface area contributed by atoms with Gasteiger partial charge in [0, 0.05) is 18.7 Å². The summed E-state index contributed by atoms with van der Waals surface area (Å²) in [7, 11) is 0. The van der Waals surface area contributed by atoms with Gasteiger partial charge in [0.15, 0.2) is 6.61 Å². The van der Waals surface area contributed by atoms with Crippen LogP contribution in [0, 0.1) is 5.92 Å². The van der Waals surface area contributed by atoms with E-state index in [1.165, 1.54) is 26.2 Å². The number of benzene rings is 1. The number of carbonyl (C=O) groups is 2. The topological polar surface area (TPSA) is 67.4 Å². The summed E-state index contributed by atoms with van der Waals surface area (Å²) in [6.45, 7) is 3.66. The molecule has 120 valence electrons. The highest BCUT2D eigenvalue weighted by molar-refractivity contribution is 5.88. The molecule has 0 aliphatic heterocycles. The number of hydrogen-bond acceptors (Lipinski definition) is 3.